The minimum atomic E-state index is 0.880. The van der Waals surface area contributed by atoms with Crippen LogP contribution in [0.2, 0.25) is 0 Å². The lowest BCUT2D eigenvalue weighted by molar-refractivity contribution is 0.389. The Morgan fingerprint density at radius 2 is 1.27 bits per heavy atom. The van der Waals surface area contributed by atoms with Crippen molar-refractivity contribution in [3.63, 3.8) is 0 Å². The van der Waals surface area contributed by atoms with Gasteiger partial charge < -0.3 is 5.73 Å². The van der Waals surface area contributed by atoms with Gasteiger partial charge in [-0.1, -0.05) is 71.6 Å². The highest BCUT2D eigenvalue weighted by molar-refractivity contribution is 4.61. The summed E-state index contributed by atoms with van der Waals surface area (Å²) >= 11 is 0. The number of hydrogen-bond donors (Lipinski definition) is 1. The Labute approximate surface area is 96.8 Å². The van der Waals surface area contributed by atoms with Crippen LogP contribution in [0.25, 0.3) is 0 Å². The number of hydrogen-bond acceptors (Lipinski definition) is 1. The van der Waals surface area contributed by atoms with Crippen LogP contribution < -0.4 is 5.73 Å². The molecule has 0 amide bonds. The topological polar surface area (TPSA) is 26.0 Å². The molecule has 92 valence electrons. The molecule has 0 aromatic carbocycles. The summed E-state index contributed by atoms with van der Waals surface area (Å²) < 4.78 is 0. The zero-order valence-electron chi connectivity index (χ0n) is 10.9. The summed E-state index contributed by atoms with van der Waals surface area (Å²) in [5.41, 5.74) is 5.66. The molecule has 0 aliphatic rings. The second kappa shape index (κ2) is 12.0. The molecule has 0 saturated heterocycles. The zero-order valence-corrected chi connectivity index (χ0v) is 10.9. The molecule has 0 aliphatic heterocycles. The van der Waals surface area contributed by atoms with Crippen molar-refractivity contribution in [2.24, 2.45) is 11.7 Å². The summed E-state index contributed by atoms with van der Waals surface area (Å²) in [4.78, 5) is 0. The van der Waals surface area contributed by atoms with Gasteiger partial charge in [0.2, 0.25) is 0 Å². The molecule has 0 aromatic heterocycles. The Hall–Kier alpha value is -0.0400. The van der Waals surface area contributed by atoms with Crippen LogP contribution in [0.5, 0.6) is 0 Å². The zero-order chi connectivity index (χ0) is 11.4. The van der Waals surface area contributed by atoms with Gasteiger partial charge in [0.15, 0.2) is 0 Å². The van der Waals surface area contributed by atoms with Crippen molar-refractivity contribution in [2.75, 3.05) is 6.54 Å². The molecule has 0 heterocycles. The van der Waals surface area contributed by atoms with E-state index in [1.807, 2.05) is 0 Å². The van der Waals surface area contributed by atoms with E-state index in [2.05, 4.69) is 13.8 Å². The second-order valence-corrected chi connectivity index (χ2v) is 4.79. The summed E-state index contributed by atoms with van der Waals surface area (Å²) in [6.07, 6.45) is 13.8. The van der Waals surface area contributed by atoms with Crippen molar-refractivity contribution in [3.05, 3.63) is 0 Å². The Kier molecular flexibility index (Phi) is 12.0. The van der Waals surface area contributed by atoms with Gasteiger partial charge >= 0.3 is 0 Å². The van der Waals surface area contributed by atoms with Gasteiger partial charge in [-0.3, -0.25) is 0 Å². The van der Waals surface area contributed by atoms with Crippen LogP contribution in [0, 0.1) is 5.92 Å². The Morgan fingerprint density at radius 1 is 0.733 bits per heavy atom. The average molecular weight is 213 g/mol. The lowest BCUT2D eigenvalue weighted by atomic mass is 9.92. The molecule has 1 nitrogen and oxygen atoms in total. The molecule has 0 aromatic rings. The number of unbranched alkanes of at least 4 members (excludes halogenated alkanes) is 5. The van der Waals surface area contributed by atoms with E-state index < -0.39 is 0 Å². The monoisotopic (exact) mass is 213 g/mol. The third-order valence-electron chi connectivity index (χ3n) is 3.26. The molecule has 1 unspecified atom stereocenters. The average Bonchev–Trinajstić information content (AvgIpc) is 2.24. The fourth-order valence-electron chi connectivity index (χ4n) is 2.21. The Balaban J connectivity index is 3.44. The molecule has 0 aliphatic carbocycles. The van der Waals surface area contributed by atoms with Crippen LogP contribution in [0.4, 0.5) is 0 Å². The molecule has 2 N–H and O–H groups in total. The maximum atomic E-state index is 5.66. The third-order valence-corrected chi connectivity index (χ3v) is 3.26. The summed E-state index contributed by atoms with van der Waals surface area (Å²) in [6, 6.07) is 0. The number of rotatable bonds is 11. The maximum absolute atomic E-state index is 5.66. The summed E-state index contributed by atoms with van der Waals surface area (Å²) in [7, 11) is 0. The van der Waals surface area contributed by atoms with E-state index in [0.717, 1.165) is 12.5 Å². The first-order chi connectivity index (χ1) is 7.35. The smallest absolute Gasteiger partial charge is 0.00746 e. The summed E-state index contributed by atoms with van der Waals surface area (Å²) in [5.74, 6) is 0.915. The quantitative estimate of drug-likeness (QED) is 0.502. The number of nitrogens with two attached hydrogens (primary N) is 1. The van der Waals surface area contributed by atoms with Crippen LogP contribution >= 0.6 is 0 Å². The highest BCUT2D eigenvalue weighted by Crippen LogP contribution is 2.20. The largest absolute Gasteiger partial charge is 0.330 e. The van der Waals surface area contributed by atoms with E-state index in [0.29, 0.717) is 0 Å². The van der Waals surface area contributed by atoms with Gasteiger partial charge in [0.1, 0.15) is 0 Å². The molecule has 0 saturated carbocycles. The van der Waals surface area contributed by atoms with Gasteiger partial charge in [0, 0.05) is 0 Å². The predicted molar refractivity (Wildman–Crippen MR) is 70.1 cm³/mol. The first-order valence-corrected chi connectivity index (χ1v) is 7.05. The van der Waals surface area contributed by atoms with Crippen LogP contribution in [0.3, 0.4) is 0 Å². The molecule has 1 atom stereocenters. The standard InChI is InChI=1S/C14H31N/c1-3-5-7-9-11-14(12-13-15)10-8-6-4-2/h14H,3-13,15H2,1-2H3. The maximum Gasteiger partial charge on any atom is -0.00746 e. The van der Waals surface area contributed by atoms with E-state index in [1.54, 1.807) is 0 Å². The molecular weight excluding hydrogens is 182 g/mol. The van der Waals surface area contributed by atoms with Gasteiger partial charge in [0.25, 0.3) is 0 Å². The van der Waals surface area contributed by atoms with Crippen molar-refractivity contribution < 1.29 is 0 Å². The Bertz CT molecular complexity index is 112. The minimum absolute atomic E-state index is 0.880. The first-order valence-electron chi connectivity index (χ1n) is 7.05. The lowest BCUT2D eigenvalue weighted by Gasteiger charge is -2.15. The second-order valence-electron chi connectivity index (χ2n) is 4.79. The van der Waals surface area contributed by atoms with Crippen molar-refractivity contribution in [1.29, 1.82) is 0 Å². The molecular formula is C14H31N. The van der Waals surface area contributed by atoms with E-state index in [9.17, 15) is 0 Å². The van der Waals surface area contributed by atoms with Gasteiger partial charge in [-0.05, 0) is 18.9 Å². The van der Waals surface area contributed by atoms with Gasteiger partial charge in [0.05, 0.1) is 0 Å². The van der Waals surface area contributed by atoms with Crippen LogP contribution in [-0.2, 0) is 0 Å². The van der Waals surface area contributed by atoms with E-state index in [1.165, 1.54) is 64.2 Å². The van der Waals surface area contributed by atoms with E-state index in [4.69, 9.17) is 5.73 Å². The SMILES string of the molecule is CCCCCCC(CCN)CCCCC. The highest BCUT2D eigenvalue weighted by atomic mass is 14.5. The molecule has 0 radical (unpaired) electrons. The van der Waals surface area contributed by atoms with Crippen LogP contribution in [0.1, 0.15) is 78.1 Å². The van der Waals surface area contributed by atoms with E-state index >= 15 is 0 Å². The van der Waals surface area contributed by atoms with Crippen molar-refractivity contribution in [3.8, 4) is 0 Å². The van der Waals surface area contributed by atoms with Crippen molar-refractivity contribution in [1.82, 2.24) is 0 Å². The summed E-state index contributed by atoms with van der Waals surface area (Å²) in [5, 5.41) is 0. The van der Waals surface area contributed by atoms with Gasteiger partial charge in [-0.15, -0.1) is 0 Å². The van der Waals surface area contributed by atoms with Gasteiger partial charge in [-0.25, -0.2) is 0 Å². The van der Waals surface area contributed by atoms with Crippen LogP contribution in [0.15, 0.2) is 0 Å². The molecule has 0 rings (SSSR count). The minimum Gasteiger partial charge on any atom is -0.330 e. The van der Waals surface area contributed by atoms with E-state index in [-0.39, 0.29) is 0 Å². The van der Waals surface area contributed by atoms with Gasteiger partial charge in [-0.2, -0.15) is 0 Å². The first kappa shape index (κ1) is 15.0. The van der Waals surface area contributed by atoms with Crippen molar-refractivity contribution in [2.45, 2.75) is 78.1 Å². The third kappa shape index (κ3) is 10.2. The summed E-state index contributed by atoms with van der Waals surface area (Å²) in [6.45, 7) is 5.43. The van der Waals surface area contributed by atoms with Crippen molar-refractivity contribution >= 4 is 0 Å². The fraction of sp³-hybridized carbons (Fsp3) is 1.00. The normalized spacial score (nSPS) is 13.0. The Morgan fingerprint density at radius 3 is 1.80 bits per heavy atom. The predicted octanol–water partition coefficient (Wildman–Crippen LogP) is 4.50. The molecule has 0 bridgehead atoms. The highest BCUT2D eigenvalue weighted by Gasteiger charge is 2.06. The molecule has 15 heavy (non-hydrogen) atoms. The lowest BCUT2D eigenvalue weighted by Crippen LogP contribution is -2.09. The molecule has 0 fully saturated rings. The molecule has 1 heteroatoms. The van der Waals surface area contributed by atoms with Crippen LogP contribution in [-0.4, -0.2) is 6.54 Å². The molecule has 0 spiro atoms. The fourth-order valence-corrected chi connectivity index (χ4v) is 2.21.